The first-order valence-electron chi connectivity index (χ1n) is 8.61. The Bertz CT molecular complexity index is 569. The van der Waals surface area contributed by atoms with Gasteiger partial charge in [0.15, 0.2) is 15.8 Å². The van der Waals surface area contributed by atoms with Crippen molar-refractivity contribution in [1.29, 1.82) is 0 Å². The second kappa shape index (κ2) is 6.24. The summed E-state index contributed by atoms with van der Waals surface area (Å²) in [5.41, 5.74) is 0.0808. The summed E-state index contributed by atoms with van der Waals surface area (Å²) in [6.07, 6.45) is 4.37. The summed E-state index contributed by atoms with van der Waals surface area (Å²) in [5, 5.41) is 6.99. The predicted molar refractivity (Wildman–Crippen MR) is 91.3 cm³/mol. The Morgan fingerprint density at radius 3 is 2.52 bits per heavy atom. The molecule has 7 heteroatoms. The standard InChI is InChI=1S/C16H29N3O3S/c1-16(2)13(8-14(16)22-3)19-15(18-12-4-5-12)17-9-11-6-7-23(20,21)10-11/h11-14H,4-10H2,1-3H3,(H2,17,18,19). The molecule has 1 heterocycles. The number of hydrogen-bond acceptors (Lipinski definition) is 4. The molecule has 0 bridgehead atoms. The van der Waals surface area contributed by atoms with Crippen molar-refractivity contribution in [3.8, 4) is 0 Å². The fourth-order valence-electron chi connectivity index (χ4n) is 3.49. The number of sulfone groups is 1. The van der Waals surface area contributed by atoms with Crippen molar-refractivity contribution in [2.24, 2.45) is 16.3 Å². The normalized spacial score (nSPS) is 35.6. The van der Waals surface area contributed by atoms with Crippen LogP contribution in [0, 0.1) is 11.3 Å². The lowest BCUT2D eigenvalue weighted by Crippen LogP contribution is -2.63. The molecular formula is C16H29N3O3S. The Morgan fingerprint density at radius 2 is 2.00 bits per heavy atom. The molecular weight excluding hydrogens is 314 g/mol. The molecule has 0 amide bonds. The first kappa shape index (κ1) is 17.0. The van der Waals surface area contributed by atoms with Gasteiger partial charge in [-0.15, -0.1) is 0 Å². The smallest absolute Gasteiger partial charge is 0.191 e. The van der Waals surface area contributed by atoms with Crippen LogP contribution in [0.5, 0.6) is 0 Å². The zero-order valence-electron chi connectivity index (χ0n) is 14.3. The number of nitrogens with zero attached hydrogens (tertiary/aromatic N) is 1. The van der Waals surface area contributed by atoms with Crippen LogP contribution in [0.3, 0.4) is 0 Å². The van der Waals surface area contributed by atoms with E-state index < -0.39 is 9.84 Å². The molecule has 23 heavy (non-hydrogen) atoms. The van der Waals surface area contributed by atoms with Crippen molar-refractivity contribution < 1.29 is 13.2 Å². The third kappa shape index (κ3) is 3.99. The molecule has 2 aliphatic carbocycles. The van der Waals surface area contributed by atoms with Gasteiger partial charge in [-0.2, -0.15) is 0 Å². The van der Waals surface area contributed by atoms with Gasteiger partial charge in [-0.1, -0.05) is 13.8 Å². The number of aliphatic imine (C=N–C) groups is 1. The van der Waals surface area contributed by atoms with E-state index in [1.807, 2.05) is 0 Å². The van der Waals surface area contributed by atoms with E-state index in [9.17, 15) is 8.42 Å². The van der Waals surface area contributed by atoms with Crippen LogP contribution in [-0.2, 0) is 14.6 Å². The highest BCUT2D eigenvalue weighted by molar-refractivity contribution is 7.91. The number of nitrogens with one attached hydrogen (secondary N) is 2. The van der Waals surface area contributed by atoms with Crippen molar-refractivity contribution in [1.82, 2.24) is 10.6 Å². The minimum atomic E-state index is -2.83. The Kier molecular flexibility index (Phi) is 4.62. The van der Waals surface area contributed by atoms with Gasteiger partial charge in [0.1, 0.15) is 0 Å². The quantitative estimate of drug-likeness (QED) is 0.573. The van der Waals surface area contributed by atoms with Crippen LogP contribution in [0.2, 0.25) is 0 Å². The molecule has 6 nitrogen and oxygen atoms in total. The summed E-state index contributed by atoms with van der Waals surface area (Å²) in [4.78, 5) is 4.68. The Hall–Kier alpha value is -0.820. The molecule has 0 radical (unpaired) electrons. The number of rotatable bonds is 5. The van der Waals surface area contributed by atoms with Crippen LogP contribution in [0.1, 0.15) is 39.5 Å². The summed E-state index contributed by atoms with van der Waals surface area (Å²) in [7, 11) is -1.06. The molecule has 3 aliphatic rings. The minimum Gasteiger partial charge on any atom is -0.381 e. The maximum Gasteiger partial charge on any atom is 0.191 e. The van der Waals surface area contributed by atoms with Gasteiger partial charge in [-0.25, -0.2) is 8.42 Å². The van der Waals surface area contributed by atoms with Gasteiger partial charge in [-0.05, 0) is 31.6 Å². The second-order valence-corrected chi connectivity index (χ2v) is 10.1. The maximum atomic E-state index is 11.6. The third-order valence-electron chi connectivity index (χ3n) is 5.53. The van der Waals surface area contributed by atoms with E-state index in [0.29, 0.717) is 24.4 Å². The highest BCUT2D eigenvalue weighted by Crippen LogP contribution is 2.42. The largest absolute Gasteiger partial charge is 0.381 e. The zero-order chi connectivity index (χ0) is 16.7. The topological polar surface area (TPSA) is 79.8 Å². The maximum absolute atomic E-state index is 11.6. The van der Waals surface area contributed by atoms with Crippen LogP contribution in [0.25, 0.3) is 0 Å². The summed E-state index contributed by atoms with van der Waals surface area (Å²) >= 11 is 0. The van der Waals surface area contributed by atoms with Gasteiger partial charge in [0.05, 0.1) is 17.6 Å². The highest BCUT2D eigenvalue weighted by atomic mass is 32.2. The first-order valence-corrected chi connectivity index (χ1v) is 10.4. The molecule has 3 unspecified atom stereocenters. The van der Waals surface area contributed by atoms with Crippen LogP contribution in [0.15, 0.2) is 4.99 Å². The molecule has 0 aromatic rings. The summed E-state index contributed by atoms with van der Waals surface area (Å²) in [6.45, 7) is 5.00. The Balaban J connectivity index is 1.58. The van der Waals surface area contributed by atoms with Crippen LogP contribution in [-0.4, -0.2) is 57.7 Å². The predicted octanol–water partition coefficient (Wildman–Crippen LogP) is 0.932. The SMILES string of the molecule is COC1CC(NC(=NCC2CCS(=O)(=O)C2)NC2CC2)C1(C)C. The lowest BCUT2D eigenvalue weighted by molar-refractivity contribution is -0.0922. The molecule has 0 aromatic carbocycles. The van der Waals surface area contributed by atoms with Gasteiger partial charge >= 0.3 is 0 Å². The van der Waals surface area contributed by atoms with Crippen molar-refractivity contribution >= 4 is 15.8 Å². The van der Waals surface area contributed by atoms with Gasteiger partial charge < -0.3 is 15.4 Å². The molecule has 1 aliphatic heterocycles. The monoisotopic (exact) mass is 343 g/mol. The van der Waals surface area contributed by atoms with Gasteiger partial charge in [0.25, 0.3) is 0 Å². The molecule has 3 rings (SSSR count). The minimum absolute atomic E-state index is 0.0808. The fourth-order valence-corrected chi connectivity index (χ4v) is 5.34. The fraction of sp³-hybridized carbons (Fsp3) is 0.938. The molecule has 0 spiro atoms. The molecule has 2 saturated carbocycles. The van der Waals surface area contributed by atoms with Crippen molar-refractivity contribution in [2.45, 2.75) is 57.7 Å². The van der Waals surface area contributed by atoms with E-state index in [1.165, 1.54) is 12.8 Å². The Morgan fingerprint density at radius 1 is 1.26 bits per heavy atom. The molecule has 2 N–H and O–H groups in total. The molecule has 3 atom stereocenters. The van der Waals surface area contributed by atoms with Crippen molar-refractivity contribution in [3.05, 3.63) is 0 Å². The second-order valence-electron chi connectivity index (χ2n) is 7.86. The van der Waals surface area contributed by atoms with Gasteiger partial charge in [0, 0.05) is 31.2 Å². The summed E-state index contributed by atoms with van der Waals surface area (Å²) in [5.74, 6) is 1.61. The molecule has 1 saturated heterocycles. The number of hydrogen-bond donors (Lipinski definition) is 2. The number of guanidine groups is 1. The number of ether oxygens (including phenoxy) is 1. The summed E-state index contributed by atoms with van der Waals surface area (Å²) in [6, 6.07) is 0.861. The van der Waals surface area contributed by atoms with Crippen molar-refractivity contribution in [3.63, 3.8) is 0 Å². The van der Waals surface area contributed by atoms with Crippen LogP contribution in [0.4, 0.5) is 0 Å². The van der Waals surface area contributed by atoms with Crippen LogP contribution < -0.4 is 10.6 Å². The summed E-state index contributed by atoms with van der Waals surface area (Å²) < 4.78 is 28.6. The Labute approximate surface area is 139 Å². The lowest BCUT2D eigenvalue weighted by atomic mass is 9.64. The van der Waals surface area contributed by atoms with Crippen molar-refractivity contribution in [2.75, 3.05) is 25.2 Å². The molecule has 0 aromatic heterocycles. The van der Waals surface area contributed by atoms with E-state index in [0.717, 1.165) is 18.8 Å². The van der Waals surface area contributed by atoms with Gasteiger partial charge in [0.2, 0.25) is 0 Å². The zero-order valence-corrected chi connectivity index (χ0v) is 15.2. The van der Waals surface area contributed by atoms with E-state index in [-0.39, 0.29) is 23.2 Å². The third-order valence-corrected chi connectivity index (χ3v) is 7.36. The molecule has 3 fully saturated rings. The van der Waals surface area contributed by atoms with E-state index in [4.69, 9.17) is 4.74 Å². The van der Waals surface area contributed by atoms with E-state index in [1.54, 1.807) is 7.11 Å². The van der Waals surface area contributed by atoms with E-state index in [2.05, 4.69) is 29.5 Å². The first-order chi connectivity index (χ1) is 10.8. The van der Waals surface area contributed by atoms with E-state index >= 15 is 0 Å². The average Bonchev–Trinajstić information content (AvgIpc) is 3.22. The highest BCUT2D eigenvalue weighted by Gasteiger charge is 2.49. The van der Waals surface area contributed by atoms with Gasteiger partial charge in [-0.3, -0.25) is 4.99 Å². The number of methoxy groups -OCH3 is 1. The van der Waals surface area contributed by atoms with Crippen LogP contribution >= 0.6 is 0 Å². The lowest BCUT2D eigenvalue weighted by Gasteiger charge is -2.51. The molecule has 132 valence electrons. The average molecular weight is 343 g/mol.